The van der Waals surface area contributed by atoms with Crippen LogP contribution in [0, 0.1) is 5.92 Å². The number of fused-ring (bicyclic) bond motifs is 1. The first kappa shape index (κ1) is 12.7. The van der Waals surface area contributed by atoms with Crippen molar-refractivity contribution in [2.24, 2.45) is 10.9 Å². The summed E-state index contributed by atoms with van der Waals surface area (Å²) in [7, 11) is 0. The average Bonchev–Trinajstić information content (AvgIpc) is 2.96. The minimum Gasteiger partial charge on any atom is -0.454 e. The first-order chi connectivity index (χ1) is 9.61. The molecule has 20 heavy (non-hydrogen) atoms. The van der Waals surface area contributed by atoms with E-state index in [1.165, 1.54) is 0 Å². The molecule has 1 aromatic carbocycles. The van der Waals surface area contributed by atoms with Gasteiger partial charge in [-0.2, -0.15) is 0 Å². The Balaban J connectivity index is 1.84. The first-order valence-corrected chi connectivity index (χ1v) is 6.53. The third-order valence-electron chi connectivity index (χ3n) is 2.95. The Morgan fingerprint density at radius 2 is 2.10 bits per heavy atom. The van der Waals surface area contributed by atoms with Crippen molar-refractivity contribution in [1.29, 1.82) is 0 Å². The molecule has 0 fully saturated rings. The number of carbonyl (C=O) groups is 1. The highest BCUT2D eigenvalue weighted by atomic mass is 16.7. The second kappa shape index (κ2) is 5.00. The molecule has 5 heteroatoms. The quantitative estimate of drug-likeness (QED) is 0.627. The molecule has 0 aromatic heterocycles. The Kier molecular flexibility index (Phi) is 3.18. The lowest BCUT2D eigenvalue weighted by Crippen LogP contribution is -2.06. The molecule has 0 N–H and O–H groups in total. The summed E-state index contributed by atoms with van der Waals surface area (Å²) < 4.78 is 15.7. The minimum absolute atomic E-state index is 0.230. The molecule has 0 spiro atoms. The number of cyclic esters (lactones) is 1. The van der Waals surface area contributed by atoms with Crippen LogP contribution in [0.1, 0.15) is 25.8 Å². The summed E-state index contributed by atoms with van der Waals surface area (Å²) in [4.78, 5) is 16.0. The Morgan fingerprint density at radius 1 is 1.30 bits per heavy atom. The second-order valence-electron chi connectivity index (χ2n) is 5.14. The zero-order valence-corrected chi connectivity index (χ0v) is 11.4. The molecule has 0 saturated carbocycles. The van der Waals surface area contributed by atoms with E-state index in [1.54, 1.807) is 6.08 Å². The van der Waals surface area contributed by atoms with Crippen LogP contribution in [0.25, 0.3) is 6.08 Å². The highest BCUT2D eigenvalue weighted by molar-refractivity contribution is 6.07. The van der Waals surface area contributed by atoms with Crippen LogP contribution in [0.3, 0.4) is 0 Å². The lowest BCUT2D eigenvalue weighted by molar-refractivity contribution is -0.130. The zero-order valence-electron chi connectivity index (χ0n) is 11.4. The first-order valence-electron chi connectivity index (χ1n) is 6.53. The van der Waals surface area contributed by atoms with E-state index in [-0.39, 0.29) is 6.79 Å². The van der Waals surface area contributed by atoms with Gasteiger partial charge in [-0.05, 0) is 29.7 Å². The van der Waals surface area contributed by atoms with Gasteiger partial charge in [0.2, 0.25) is 6.79 Å². The van der Waals surface area contributed by atoms with Crippen molar-refractivity contribution in [3.05, 3.63) is 29.5 Å². The van der Waals surface area contributed by atoms with Crippen LogP contribution in [0.2, 0.25) is 0 Å². The topological polar surface area (TPSA) is 57.1 Å². The number of ether oxygens (including phenoxy) is 3. The van der Waals surface area contributed by atoms with Crippen LogP contribution in [-0.4, -0.2) is 18.7 Å². The molecular formula is C15H15NO4. The molecule has 0 bridgehead atoms. The molecule has 0 radical (unpaired) electrons. The van der Waals surface area contributed by atoms with E-state index in [4.69, 9.17) is 14.2 Å². The molecule has 2 aliphatic rings. The molecule has 3 rings (SSSR count). The summed E-state index contributed by atoms with van der Waals surface area (Å²) in [6, 6.07) is 5.48. The van der Waals surface area contributed by atoms with Gasteiger partial charge in [0.25, 0.3) is 0 Å². The molecule has 104 valence electrons. The summed E-state index contributed by atoms with van der Waals surface area (Å²) >= 11 is 0. The molecular weight excluding hydrogens is 258 g/mol. The van der Waals surface area contributed by atoms with Crippen molar-refractivity contribution >= 4 is 17.9 Å². The van der Waals surface area contributed by atoms with Gasteiger partial charge in [-0.1, -0.05) is 19.9 Å². The molecule has 2 aliphatic heterocycles. The third kappa shape index (κ3) is 2.52. The summed E-state index contributed by atoms with van der Waals surface area (Å²) in [5.74, 6) is 1.86. The predicted octanol–water partition coefficient (Wildman–Crippen LogP) is 2.76. The van der Waals surface area contributed by atoms with Gasteiger partial charge >= 0.3 is 5.97 Å². The summed E-state index contributed by atoms with van der Waals surface area (Å²) in [5, 5.41) is 0. The van der Waals surface area contributed by atoms with Gasteiger partial charge < -0.3 is 14.2 Å². The largest absolute Gasteiger partial charge is 0.454 e. The Bertz CT molecular complexity index is 616. The summed E-state index contributed by atoms with van der Waals surface area (Å²) in [6.45, 7) is 4.33. The van der Waals surface area contributed by atoms with Crippen LogP contribution < -0.4 is 9.47 Å². The monoisotopic (exact) mass is 273 g/mol. The Labute approximate surface area is 116 Å². The molecule has 5 nitrogen and oxygen atoms in total. The fourth-order valence-corrected chi connectivity index (χ4v) is 2.05. The molecule has 0 atom stereocenters. The highest BCUT2D eigenvalue weighted by Crippen LogP contribution is 2.33. The van der Waals surface area contributed by atoms with Gasteiger partial charge in [-0.25, -0.2) is 9.79 Å². The van der Waals surface area contributed by atoms with E-state index in [0.717, 1.165) is 5.56 Å². The van der Waals surface area contributed by atoms with Crippen molar-refractivity contribution in [3.8, 4) is 11.5 Å². The Morgan fingerprint density at radius 3 is 2.90 bits per heavy atom. The second-order valence-corrected chi connectivity index (χ2v) is 5.14. The number of hydrogen-bond acceptors (Lipinski definition) is 5. The molecule has 0 saturated heterocycles. The molecule has 0 unspecified atom stereocenters. The van der Waals surface area contributed by atoms with Crippen LogP contribution in [-0.2, 0) is 9.53 Å². The minimum atomic E-state index is -0.404. The van der Waals surface area contributed by atoms with E-state index in [9.17, 15) is 4.79 Å². The van der Waals surface area contributed by atoms with E-state index in [1.807, 2.05) is 18.2 Å². The Hall–Kier alpha value is -2.30. The zero-order chi connectivity index (χ0) is 14.1. The molecule has 0 aliphatic carbocycles. The van der Waals surface area contributed by atoms with Crippen molar-refractivity contribution < 1.29 is 19.0 Å². The van der Waals surface area contributed by atoms with E-state index in [2.05, 4.69) is 18.8 Å². The van der Waals surface area contributed by atoms with Crippen LogP contribution >= 0.6 is 0 Å². The van der Waals surface area contributed by atoms with Gasteiger partial charge in [0.1, 0.15) is 0 Å². The summed E-state index contributed by atoms with van der Waals surface area (Å²) in [6.07, 6.45) is 2.35. The van der Waals surface area contributed by atoms with Gasteiger partial charge in [0.15, 0.2) is 23.1 Å². The van der Waals surface area contributed by atoms with Crippen molar-refractivity contribution in [3.63, 3.8) is 0 Å². The van der Waals surface area contributed by atoms with Gasteiger partial charge in [0, 0.05) is 6.42 Å². The smallest absolute Gasteiger partial charge is 0.363 e. The summed E-state index contributed by atoms with van der Waals surface area (Å²) in [5.41, 5.74) is 1.15. The number of nitrogens with zero attached hydrogens (tertiary/aromatic N) is 1. The number of hydrogen-bond donors (Lipinski definition) is 0. The number of carbonyl (C=O) groups excluding carboxylic acids is 1. The van der Waals surface area contributed by atoms with E-state index >= 15 is 0 Å². The number of aliphatic imine (C=N–C) groups is 1. The third-order valence-corrected chi connectivity index (χ3v) is 2.95. The number of rotatable bonds is 3. The number of benzene rings is 1. The highest BCUT2D eigenvalue weighted by Gasteiger charge is 2.23. The van der Waals surface area contributed by atoms with Crippen LogP contribution in [0.15, 0.2) is 28.9 Å². The van der Waals surface area contributed by atoms with Gasteiger partial charge in [-0.15, -0.1) is 0 Å². The predicted molar refractivity (Wildman–Crippen MR) is 73.5 cm³/mol. The normalized spacial score (nSPS) is 18.6. The van der Waals surface area contributed by atoms with E-state index in [0.29, 0.717) is 35.4 Å². The average molecular weight is 273 g/mol. The maximum absolute atomic E-state index is 11.7. The van der Waals surface area contributed by atoms with E-state index < -0.39 is 5.97 Å². The standard InChI is InChI=1S/C15H15NO4/c1-9(2)5-14-16-11(15(17)20-14)6-10-3-4-12-13(7-10)19-8-18-12/h3-4,6-7,9H,5,8H2,1-2H3/b11-6+. The van der Waals surface area contributed by atoms with Crippen molar-refractivity contribution in [2.75, 3.05) is 6.79 Å². The molecule has 2 heterocycles. The lowest BCUT2D eigenvalue weighted by atomic mass is 10.1. The van der Waals surface area contributed by atoms with Crippen LogP contribution in [0.4, 0.5) is 0 Å². The fourth-order valence-electron chi connectivity index (χ4n) is 2.05. The number of esters is 1. The maximum atomic E-state index is 11.7. The molecule has 1 aromatic rings. The maximum Gasteiger partial charge on any atom is 0.363 e. The lowest BCUT2D eigenvalue weighted by Gasteiger charge is -2.01. The fraction of sp³-hybridized carbons (Fsp3) is 0.333. The van der Waals surface area contributed by atoms with Gasteiger partial charge in [-0.3, -0.25) is 0 Å². The van der Waals surface area contributed by atoms with Gasteiger partial charge in [0.05, 0.1) is 0 Å². The van der Waals surface area contributed by atoms with Crippen molar-refractivity contribution in [2.45, 2.75) is 20.3 Å². The van der Waals surface area contributed by atoms with Crippen LogP contribution in [0.5, 0.6) is 11.5 Å². The van der Waals surface area contributed by atoms with Crippen molar-refractivity contribution in [1.82, 2.24) is 0 Å². The molecule has 0 amide bonds. The SMILES string of the molecule is CC(C)CC1=N/C(=C/c2ccc3c(c2)OCO3)C(=O)O1.